The lowest BCUT2D eigenvalue weighted by atomic mass is 10.1. The molecule has 1 N–H and O–H groups in total. The quantitative estimate of drug-likeness (QED) is 0.814. The molecule has 0 saturated heterocycles. The average molecular weight is 224 g/mol. The van der Waals surface area contributed by atoms with Gasteiger partial charge in [-0.1, -0.05) is 0 Å². The first-order chi connectivity index (χ1) is 7.70. The summed E-state index contributed by atoms with van der Waals surface area (Å²) < 4.78 is 7.30. The first-order valence-electron chi connectivity index (χ1n) is 5.86. The van der Waals surface area contributed by atoms with E-state index in [9.17, 15) is 0 Å². The zero-order chi connectivity index (χ0) is 11.5. The summed E-state index contributed by atoms with van der Waals surface area (Å²) in [6, 6.07) is 0.835. The second-order valence-corrected chi connectivity index (χ2v) is 4.49. The topological polar surface area (TPSA) is 52.0 Å². The van der Waals surface area contributed by atoms with E-state index in [0.717, 1.165) is 25.2 Å². The largest absolute Gasteiger partial charge is 0.380 e. The van der Waals surface area contributed by atoms with Crippen LogP contribution >= 0.6 is 0 Å². The van der Waals surface area contributed by atoms with E-state index < -0.39 is 0 Å². The van der Waals surface area contributed by atoms with Gasteiger partial charge in [0.1, 0.15) is 12.2 Å². The summed E-state index contributed by atoms with van der Waals surface area (Å²) in [5, 5.41) is 7.80. The molecule has 0 bridgehead atoms. The molecule has 2 heterocycles. The van der Waals surface area contributed by atoms with Gasteiger partial charge in [0.15, 0.2) is 0 Å². The molecule has 0 amide bonds. The summed E-state index contributed by atoms with van der Waals surface area (Å²) in [7, 11) is 1.75. The Morgan fingerprint density at radius 2 is 2.38 bits per heavy atom. The number of nitrogens with zero attached hydrogens (tertiary/aromatic N) is 3. The number of methoxy groups -OCH3 is 1. The molecule has 0 radical (unpaired) electrons. The van der Waals surface area contributed by atoms with Crippen LogP contribution in [0, 0.1) is 0 Å². The predicted octanol–water partition coefficient (Wildman–Crippen LogP) is 0.606. The van der Waals surface area contributed by atoms with E-state index in [-0.39, 0.29) is 6.10 Å². The van der Waals surface area contributed by atoms with Gasteiger partial charge < -0.3 is 10.1 Å². The van der Waals surface area contributed by atoms with Crippen LogP contribution in [0.15, 0.2) is 6.33 Å². The molecule has 5 heteroatoms. The van der Waals surface area contributed by atoms with Crippen LogP contribution in [0.5, 0.6) is 0 Å². The van der Waals surface area contributed by atoms with Crippen LogP contribution in [0.25, 0.3) is 0 Å². The zero-order valence-corrected chi connectivity index (χ0v) is 10.2. The molecule has 0 spiro atoms. The van der Waals surface area contributed by atoms with E-state index >= 15 is 0 Å². The second-order valence-electron chi connectivity index (χ2n) is 4.49. The third-order valence-electron chi connectivity index (χ3n) is 3.38. The highest BCUT2D eigenvalue weighted by Gasteiger charge is 2.22. The number of rotatable bonds is 4. The van der Waals surface area contributed by atoms with Crippen molar-refractivity contribution < 1.29 is 4.74 Å². The molecule has 1 aromatic rings. The van der Waals surface area contributed by atoms with Gasteiger partial charge in [-0.2, -0.15) is 5.10 Å². The number of aromatic nitrogens is 3. The summed E-state index contributed by atoms with van der Waals surface area (Å²) in [5.41, 5.74) is 0. The highest BCUT2D eigenvalue weighted by molar-refractivity contribution is 4.93. The molecule has 3 unspecified atom stereocenters. The van der Waals surface area contributed by atoms with Gasteiger partial charge in [0.2, 0.25) is 0 Å². The second kappa shape index (κ2) is 4.93. The number of aryl methyl sites for hydroxylation is 1. The van der Waals surface area contributed by atoms with Crippen LogP contribution in [0.1, 0.15) is 26.1 Å². The molecule has 1 aliphatic heterocycles. The molecule has 3 atom stereocenters. The third-order valence-corrected chi connectivity index (χ3v) is 3.38. The van der Waals surface area contributed by atoms with Crippen molar-refractivity contribution in [3.63, 3.8) is 0 Å². The number of nitrogens with one attached hydrogen (secondary N) is 1. The van der Waals surface area contributed by atoms with Gasteiger partial charge in [0, 0.05) is 25.6 Å². The van der Waals surface area contributed by atoms with E-state index in [1.807, 2.05) is 4.68 Å². The Hall–Kier alpha value is -0.940. The number of hydrogen-bond donors (Lipinski definition) is 1. The SMILES string of the molecule is COC(C)C(C)NC1CCc2ncnn2C1. The smallest absolute Gasteiger partial charge is 0.138 e. The predicted molar refractivity (Wildman–Crippen MR) is 61.2 cm³/mol. The number of ether oxygens (including phenoxy) is 1. The number of hydrogen-bond acceptors (Lipinski definition) is 4. The van der Waals surface area contributed by atoms with Crippen LogP contribution in [0.2, 0.25) is 0 Å². The summed E-state index contributed by atoms with van der Waals surface area (Å²) in [5.74, 6) is 1.10. The van der Waals surface area contributed by atoms with Gasteiger partial charge in [-0.05, 0) is 20.3 Å². The molecule has 0 aliphatic carbocycles. The molecule has 0 aromatic carbocycles. The van der Waals surface area contributed by atoms with Crippen molar-refractivity contribution in [2.45, 2.75) is 51.4 Å². The minimum Gasteiger partial charge on any atom is -0.380 e. The van der Waals surface area contributed by atoms with Crippen LogP contribution in [0.4, 0.5) is 0 Å². The Morgan fingerprint density at radius 1 is 1.56 bits per heavy atom. The molecule has 16 heavy (non-hydrogen) atoms. The maximum absolute atomic E-state index is 5.31. The highest BCUT2D eigenvalue weighted by atomic mass is 16.5. The minimum atomic E-state index is 0.233. The molecule has 0 fully saturated rings. The summed E-state index contributed by atoms with van der Waals surface area (Å²) in [4.78, 5) is 4.22. The van der Waals surface area contributed by atoms with Crippen LogP contribution < -0.4 is 5.32 Å². The maximum atomic E-state index is 5.31. The lowest BCUT2D eigenvalue weighted by Crippen LogP contribution is -2.46. The normalized spacial score (nSPS) is 23.8. The highest BCUT2D eigenvalue weighted by Crippen LogP contribution is 2.12. The third kappa shape index (κ3) is 2.41. The standard InChI is InChI=1S/C11H20N4O/c1-8(9(2)16-3)14-10-4-5-11-12-7-13-15(11)6-10/h7-10,14H,4-6H2,1-3H3. The van der Waals surface area contributed by atoms with Gasteiger partial charge in [0.25, 0.3) is 0 Å². The van der Waals surface area contributed by atoms with E-state index in [1.165, 1.54) is 0 Å². The Morgan fingerprint density at radius 3 is 3.12 bits per heavy atom. The van der Waals surface area contributed by atoms with Crippen molar-refractivity contribution in [2.24, 2.45) is 0 Å². The van der Waals surface area contributed by atoms with Crippen molar-refractivity contribution in [3.05, 3.63) is 12.2 Å². The molecule has 2 rings (SSSR count). The maximum Gasteiger partial charge on any atom is 0.138 e. The molecular formula is C11H20N4O. The first kappa shape index (κ1) is 11.5. The summed E-state index contributed by atoms with van der Waals surface area (Å²) in [6.07, 6.45) is 4.00. The zero-order valence-electron chi connectivity index (χ0n) is 10.2. The van der Waals surface area contributed by atoms with Crippen LogP contribution in [-0.2, 0) is 17.7 Å². The lowest BCUT2D eigenvalue weighted by Gasteiger charge is -2.29. The van der Waals surface area contributed by atoms with Crippen LogP contribution in [0.3, 0.4) is 0 Å². The first-order valence-corrected chi connectivity index (χ1v) is 5.86. The van der Waals surface area contributed by atoms with Gasteiger partial charge >= 0.3 is 0 Å². The van der Waals surface area contributed by atoms with Crippen molar-refractivity contribution in [1.82, 2.24) is 20.1 Å². The van der Waals surface area contributed by atoms with Crippen molar-refractivity contribution >= 4 is 0 Å². The van der Waals surface area contributed by atoms with Gasteiger partial charge in [-0.25, -0.2) is 9.67 Å². The van der Waals surface area contributed by atoms with E-state index in [2.05, 4.69) is 29.2 Å². The van der Waals surface area contributed by atoms with Crippen molar-refractivity contribution in [3.8, 4) is 0 Å². The molecular weight excluding hydrogens is 204 g/mol. The molecule has 90 valence electrons. The lowest BCUT2D eigenvalue weighted by molar-refractivity contribution is 0.0817. The van der Waals surface area contributed by atoms with Gasteiger partial charge in [-0.3, -0.25) is 0 Å². The Balaban J connectivity index is 1.89. The fourth-order valence-electron chi connectivity index (χ4n) is 2.09. The van der Waals surface area contributed by atoms with Crippen LogP contribution in [-0.4, -0.2) is 40.1 Å². The monoisotopic (exact) mass is 224 g/mol. The number of fused-ring (bicyclic) bond motifs is 1. The Bertz CT molecular complexity index is 338. The molecule has 1 aromatic heterocycles. The Labute approximate surface area is 96.2 Å². The van der Waals surface area contributed by atoms with Crippen molar-refractivity contribution in [2.75, 3.05) is 7.11 Å². The fraction of sp³-hybridized carbons (Fsp3) is 0.818. The van der Waals surface area contributed by atoms with E-state index in [4.69, 9.17) is 4.74 Å². The molecule has 5 nitrogen and oxygen atoms in total. The average Bonchev–Trinajstić information content (AvgIpc) is 2.75. The summed E-state index contributed by atoms with van der Waals surface area (Å²) >= 11 is 0. The fourth-order valence-corrected chi connectivity index (χ4v) is 2.09. The molecule has 0 saturated carbocycles. The minimum absolute atomic E-state index is 0.233. The van der Waals surface area contributed by atoms with E-state index in [1.54, 1.807) is 13.4 Å². The van der Waals surface area contributed by atoms with Crippen molar-refractivity contribution in [1.29, 1.82) is 0 Å². The van der Waals surface area contributed by atoms with Gasteiger partial charge in [-0.15, -0.1) is 0 Å². The molecule has 1 aliphatic rings. The van der Waals surface area contributed by atoms with Gasteiger partial charge in [0.05, 0.1) is 12.6 Å². The summed E-state index contributed by atoms with van der Waals surface area (Å²) in [6.45, 7) is 5.16. The Kier molecular flexibility index (Phi) is 3.56. The van der Waals surface area contributed by atoms with E-state index in [0.29, 0.717) is 12.1 Å².